The van der Waals surface area contributed by atoms with E-state index < -0.39 is 5.91 Å². The first-order valence-corrected chi connectivity index (χ1v) is 11.6. The summed E-state index contributed by atoms with van der Waals surface area (Å²) in [6.07, 6.45) is 0. The van der Waals surface area contributed by atoms with E-state index in [2.05, 4.69) is 31.1 Å². The monoisotopic (exact) mass is 532 g/mol. The number of carbonyl (C=O) groups excluding carboxylic acids is 1. The Morgan fingerprint density at radius 2 is 1.74 bits per heavy atom. The van der Waals surface area contributed by atoms with Gasteiger partial charge in [-0.2, -0.15) is 0 Å². The summed E-state index contributed by atoms with van der Waals surface area (Å²) in [5, 5.41) is 20.2. The van der Waals surface area contributed by atoms with Crippen LogP contribution in [0.3, 0.4) is 0 Å². The lowest BCUT2D eigenvalue weighted by Gasteiger charge is -2.08. The van der Waals surface area contributed by atoms with Crippen LogP contribution in [0.4, 0.5) is 5.69 Å². The van der Waals surface area contributed by atoms with Gasteiger partial charge >= 0.3 is 0 Å². The number of amides is 1. The van der Waals surface area contributed by atoms with Crippen LogP contribution in [0.2, 0.25) is 5.02 Å². The summed E-state index contributed by atoms with van der Waals surface area (Å²) in [5.41, 5.74) is 5.18. The van der Waals surface area contributed by atoms with Crippen molar-refractivity contribution in [3.63, 3.8) is 0 Å². The summed E-state index contributed by atoms with van der Waals surface area (Å²) in [5.74, 6) is -0.742. The van der Waals surface area contributed by atoms with Gasteiger partial charge in [0.1, 0.15) is 0 Å². The lowest BCUT2D eigenvalue weighted by Crippen LogP contribution is -1.99. The Kier molecular flexibility index (Phi) is 5.67. The van der Waals surface area contributed by atoms with Crippen LogP contribution in [0.15, 0.2) is 75.4 Å². The molecule has 5 rings (SSSR count). The fourth-order valence-electron chi connectivity index (χ4n) is 3.90. The standard InChI is InChI=1S/C26H18BrClN4O2/c1-13-3-8-21-17(9-13)18(12-22(29-21)15-4-6-16(27)7-5-15)25(33)32-31-24-19-10-14(2)11-20(28)23(19)30-26(24)34/h3-12,30,34H,1-2H3. The average Bonchev–Trinajstić information content (AvgIpc) is 3.12. The van der Waals surface area contributed by atoms with Crippen molar-refractivity contribution < 1.29 is 9.90 Å². The highest BCUT2D eigenvalue weighted by Gasteiger charge is 2.17. The molecule has 5 aromatic rings. The van der Waals surface area contributed by atoms with Crippen LogP contribution in [0.25, 0.3) is 33.1 Å². The molecule has 0 saturated heterocycles. The zero-order valence-corrected chi connectivity index (χ0v) is 20.6. The number of azo groups is 1. The topological polar surface area (TPSA) is 90.7 Å². The Morgan fingerprint density at radius 3 is 2.50 bits per heavy atom. The number of aryl methyl sites for hydroxylation is 2. The van der Waals surface area contributed by atoms with Crippen molar-refractivity contribution in [2.75, 3.05) is 0 Å². The summed E-state index contributed by atoms with van der Waals surface area (Å²) in [4.78, 5) is 20.8. The van der Waals surface area contributed by atoms with Crippen LogP contribution in [0.1, 0.15) is 21.5 Å². The molecule has 3 aromatic carbocycles. The van der Waals surface area contributed by atoms with Crippen LogP contribution in [0.5, 0.6) is 5.88 Å². The summed E-state index contributed by atoms with van der Waals surface area (Å²) >= 11 is 9.72. The van der Waals surface area contributed by atoms with E-state index in [0.717, 1.165) is 21.2 Å². The molecule has 0 aliphatic heterocycles. The quantitative estimate of drug-likeness (QED) is 0.230. The molecule has 1 amide bonds. The molecule has 0 bridgehead atoms. The average molecular weight is 534 g/mol. The molecule has 8 heteroatoms. The van der Waals surface area contributed by atoms with Crippen molar-refractivity contribution in [2.45, 2.75) is 13.8 Å². The first-order valence-electron chi connectivity index (χ1n) is 10.4. The van der Waals surface area contributed by atoms with Crippen molar-refractivity contribution in [3.8, 4) is 17.1 Å². The van der Waals surface area contributed by atoms with E-state index in [1.165, 1.54) is 0 Å². The summed E-state index contributed by atoms with van der Waals surface area (Å²) < 4.78 is 0.951. The number of fused-ring (bicyclic) bond motifs is 2. The molecular formula is C26H18BrClN4O2. The predicted octanol–water partition coefficient (Wildman–Crippen LogP) is 8.05. The molecule has 6 nitrogen and oxygen atoms in total. The first-order chi connectivity index (χ1) is 16.3. The fourth-order valence-corrected chi connectivity index (χ4v) is 4.48. The minimum atomic E-state index is -0.538. The largest absolute Gasteiger partial charge is 0.493 e. The van der Waals surface area contributed by atoms with E-state index in [1.54, 1.807) is 12.1 Å². The molecule has 0 aliphatic rings. The minimum absolute atomic E-state index is 0.164. The predicted molar refractivity (Wildman–Crippen MR) is 138 cm³/mol. The molecule has 2 aromatic heterocycles. The highest BCUT2D eigenvalue weighted by atomic mass is 79.9. The van der Waals surface area contributed by atoms with E-state index in [-0.39, 0.29) is 11.6 Å². The molecule has 0 atom stereocenters. The number of pyridine rings is 1. The van der Waals surface area contributed by atoms with Gasteiger partial charge in [0.15, 0.2) is 5.69 Å². The number of aromatic nitrogens is 2. The normalized spacial score (nSPS) is 11.6. The summed E-state index contributed by atoms with van der Waals surface area (Å²) in [6.45, 7) is 3.84. The van der Waals surface area contributed by atoms with Crippen molar-refractivity contribution >= 4 is 60.9 Å². The molecule has 0 fully saturated rings. The van der Waals surface area contributed by atoms with Crippen LogP contribution >= 0.6 is 27.5 Å². The number of rotatable bonds is 3. The van der Waals surface area contributed by atoms with E-state index in [9.17, 15) is 9.90 Å². The zero-order valence-electron chi connectivity index (χ0n) is 18.2. The third kappa shape index (κ3) is 4.08. The maximum absolute atomic E-state index is 13.3. The van der Waals surface area contributed by atoms with Gasteiger partial charge in [-0.1, -0.05) is 51.3 Å². The van der Waals surface area contributed by atoms with Crippen LogP contribution in [0, 0.1) is 13.8 Å². The van der Waals surface area contributed by atoms with Gasteiger partial charge in [0.05, 0.1) is 27.3 Å². The molecule has 2 heterocycles. The second-order valence-electron chi connectivity index (χ2n) is 8.08. The van der Waals surface area contributed by atoms with Gasteiger partial charge in [-0.15, -0.1) is 10.2 Å². The third-order valence-corrected chi connectivity index (χ3v) is 6.36. The van der Waals surface area contributed by atoms with E-state index in [4.69, 9.17) is 16.6 Å². The lowest BCUT2D eigenvalue weighted by molar-refractivity contribution is 0.0996. The molecular weight excluding hydrogens is 516 g/mol. The number of nitrogens with zero attached hydrogens (tertiary/aromatic N) is 3. The van der Waals surface area contributed by atoms with Crippen LogP contribution < -0.4 is 0 Å². The lowest BCUT2D eigenvalue weighted by atomic mass is 10.0. The van der Waals surface area contributed by atoms with Gasteiger partial charge in [0, 0.05) is 20.8 Å². The number of H-pyrrole nitrogens is 1. The molecule has 0 aliphatic carbocycles. The van der Waals surface area contributed by atoms with Crippen LogP contribution in [-0.4, -0.2) is 21.0 Å². The maximum atomic E-state index is 13.3. The van der Waals surface area contributed by atoms with Crippen molar-refractivity contribution in [3.05, 3.63) is 86.8 Å². The maximum Gasteiger partial charge on any atom is 0.296 e. The van der Waals surface area contributed by atoms with Gasteiger partial charge in [-0.25, -0.2) is 4.98 Å². The highest BCUT2D eigenvalue weighted by molar-refractivity contribution is 9.10. The molecule has 168 valence electrons. The van der Waals surface area contributed by atoms with Gasteiger partial charge in [0.25, 0.3) is 5.91 Å². The number of halogens is 2. The number of aromatic amines is 1. The molecule has 34 heavy (non-hydrogen) atoms. The zero-order chi connectivity index (χ0) is 24.0. The highest BCUT2D eigenvalue weighted by Crippen LogP contribution is 2.39. The van der Waals surface area contributed by atoms with Crippen molar-refractivity contribution in [2.24, 2.45) is 10.2 Å². The summed E-state index contributed by atoms with van der Waals surface area (Å²) in [6, 6.07) is 18.8. The number of benzene rings is 3. The Bertz CT molecular complexity index is 1620. The van der Waals surface area contributed by atoms with Gasteiger partial charge < -0.3 is 10.1 Å². The number of aromatic hydroxyl groups is 1. The van der Waals surface area contributed by atoms with Gasteiger partial charge in [-0.05, 0) is 61.9 Å². The minimum Gasteiger partial charge on any atom is -0.493 e. The van der Waals surface area contributed by atoms with E-state index in [0.29, 0.717) is 38.1 Å². The number of hydrogen-bond acceptors (Lipinski definition) is 4. The molecule has 0 unspecified atom stereocenters. The molecule has 0 radical (unpaired) electrons. The number of carbonyl (C=O) groups is 1. The van der Waals surface area contributed by atoms with E-state index >= 15 is 0 Å². The second-order valence-corrected chi connectivity index (χ2v) is 9.40. The number of nitrogens with one attached hydrogen (secondary N) is 1. The molecule has 0 spiro atoms. The Balaban J connectivity index is 1.62. The fraction of sp³-hybridized carbons (Fsp3) is 0.0769. The molecule has 0 saturated carbocycles. The third-order valence-electron chi connectivity index (χ3n) is 5.53. The Morgan fingerprint density at radius 1 is 1.00 bits per heavy atom. The Labute approximate surface area is 208 Å². The smallest absolute Gasteiger partial charge is 0.296 e. The summed E-state index contributed by atoms with van der Waals surface area (Å²) in [7, 11) is 0. The van der Waals surface area contributed by atoms with Crippen molar-refractivity contribution in [1.29, 1.82) is 0 Å². The second kappa shape index (κ2) is 8.66. The van der Waals surface area contributed by atoms with Crippen molar-refractivity contribution in [1.82, 2.24) is 9.97 Å². The van der Waals surface area contributed by atoms with Crippen LogP contribution in [-0.2, 0) is 0 Å². The molecule has 2 N–H and O–H groups in total. The first kappa shape index (κ1) is 22.3. The Hall–Kier alpha value is -3.55. The van der Waals surface area contributed by atoms with Gasteiger partial charge in [0.2, 0.25) is 5.88 Å². The SMILES string of the molecule is Cc1ccc2nc(-c3ccc(Br)cc3)cc(C(=O)N=Nc3c(O)[nH]c4c(Cl)cc(C)cc34)c2c1. The van der Waals surface area contributed by atoms with E-state index in [1.807, 2.05) is 62.4 Å². The van der Waals surface area contributed by atoms with Gasteiger partial charge in [-0.3, -0.25) is 4.79 Å². The number of hydrogen-bond donors (Lipinski definition) is 2.